The van der Waals surface area contributed by atoms with E-state index in [4.69, 9.17) is 16.3 Å². The highest BCUT2D eigenvalue weighted by Crippen LogP contribution is 2.35. The number of hydrogen-bond acceptors (Lipinski definition) is 6. The Hall–Kier alpha value is -2.33. The average molecular weight is 510 g/mol. The van der Waals surface area contributed by atoms with E-state index in [0.29, 0.717) is 23.1 Å². The van der Waals surface area contributed by atoms with Crippen LogP contribution in [0.25, 0.3) is 10.4 Å². The van der Waals surface area contributed by atoms with Crippen LogP contribution in [0.2, 0.25) is 4.34 Å². The first-order chi connectivity index (χ1) is 15.7. The van der Waals surface area contributed by atoms with Crippen LogP contribution in [0.5, 0.6) is 5.75 Å². The first-order valence-corrected chi connectivity index (χ1v) is 13.1. The fourth-order valence-corrected chi connectivity index (χ4v) is 6.14. The smallest absolute Gasteiger partial charge is 0.262 e. The van der Waals surface area contributed by atoms with Gasteiger partial charge in [0, 0.05) is 36.1 Å². The lowest BCUT2D eigenvalue weighted by Crippen LogP contribution is -2.54. The lowest BCUT2D eigenvalue weighted by atomic mass is 10.1. The molecule has 0 radical (unpaired) electrons. The zero-order valence-corrected chi connectivity index (χ0v) is 20.8. The maximum absolute atomic E-state index is 14.9. The summed E-state index contributed by atoms with van der Waals surface area (Å²) in [5, 5.41) is 3.41. The van der Waals surface area contributed by atoms with Crippen LogP contribution in [0.15, 0.2) is 53.4 Å². The second-order valence-corrected chi connectivity index (χ2v) is 11.5. The van der Waals surface area contributed by atoms with Gasteiger partial charge in [-0.15, -0.1) is 11.3 Å². The van der Waals surface area contributed by atoms with Crippen molar-refractivity contribution < 1.29 is 17.5 Å². The van der Waals surface area contributed by atoms with E-state index in [-0.39, 0.29) is 28.4 Å². The van der Waals surface area contributed by atoms with E-state index >= 15 is 0 Å². The van der Waals surface area contributed by atoms with Crippen molar-refractivity contribution >= 4 is 44.3 Å². The molecule has 2 heterocycles. The number of thiophene rings is 1. The molecular weight excluding hydrogens is 485 g/mol. The molecule has 33 heavy (non-hydrogen) atoms. The number of anilines is 2. The monoisotopic (exact) mass is 509 g/mol. The SMILES string of the molecule is COc1cc(F)c(N2CC(C)NC(C)C2)cc1NS(=O)(=O)c1ccc(-c2ccc(Cl)s2)cc1. The summed E-state index contributed by atoms with van der Waals surface area (Å²) >= 11 is 7.41. The molecule has 0 spiro atoms. The summed E-state index contributed by atoms with van der Waals surface area (Å²) in [6, 6.07) is 13.3. The standard InChI is InChI=1S/C23H25ClFN3O3S2/c1-14-12-28(13-15(2)26-14)20-11-19(21(31-3)10-18(20)25)27-33(29,30)17-6-4-16(5-7-17)22-8-9-23(24)32-22/h4-11,14-15,26-27H,12-13H2,1-3H3. The van der Waals surface area contributed by atoms with E-state index in [0.717, 1.165) is 10.4 Å². The summed E-state index contributed by atoms with van der Waals surface area (Å²) in [5.41, 5.74) is 1.38. The minimum atomic E-state index is -3.93. The van der Waals surface area contributed by atoms with Crippen molar-refractivity contribution in [3.63, 3.8) is 0 Å². The van der Waals surface area contributed by atoms with Crippen molar-refractivity contribution in [2.24, 2.45) is 0 Å². The Morgan fingerprint density at radius 3 is 2.36 bits per heavy atom. The Morgan fingerprint density at radius 2 is 1.79 bits per heavy atom. The summed E-state index contributed by atoms with van der Waals surface area (Å²) in [6.45, 7) is 5.27. The molecular formula is C23H25ClFN3O3S2. The summed E-state index contributed by atoms with van der Waals surface area (Å²) in [5.74, 6) is -0.351. The van der Waals surface area contributed by atoms with E-state index in [1.54, 1.807) is 18.2 Å². The van der Waals surface area contributed by atoms with Gasteiger partial charge in [0.05, 0.1) is 27.7 Å². The van der Waals surface area contributed by atoms with Gasteiger partial charge in [-0.3, -0.25) is 4.72 Å². The van der Waals surface area contributed by atoms with Gasteiger partial charge in [0.1, 0.15) is 11.6 Å². The molecule has 6 nitrogen and oxygen atoms in total. The quantitative estimate of drug-likeness (QED) is 0.477. The molecule has 1 fully saturated rings. The van der Waals surface area contributed by atoms with E-state index < -0.39 is 15.8 Å². The number of rotatable bonds is 6. The van der Waals surface area contributed by atoms with Gasteiger partial charge in [-0.25, -0.2) is 12.8 Å². The Kier molecular flexibility index (Phi) is 6.86. The van der Waals surface area contributed by atoms with Crippen molar-refractivity contribution in [3.05, 3.63) is 58.7 Å². The molecule has 3 aromatic rings. The normalized spacial score (nSPS) is 18.9. The molecule has 0 saturated carbocycles. The maximum atomic E-state index is 14.9. The molecule has 0 aliphatic carbocycles. The minimum absolute atomic E-state index is 0.0891. The number of hydrogen-bond donors (Lipinski definition) is 2. The van der Waals surface area contributed by atoms with Gasteiger partial charge in [-0.2, -0.15) is 0 Å². The molecule has 1 aromatic heterocycles. The van der Waals surface area contributed by atoms with Gasteiger partial charge in [0.25, 0.3) is 10.0 Å². The Morgan fingerprint density at radius 1 is 1.12 bits per heavy atom. The van der Waals surface area contributed by atoms with Crippen molar-refractivity contribution in [2.45, 2.75) is 30.8 Å². The topological polar surface area (TPSA) is 70.7 Å². The van der Waals surface area contributed by atoms with E-state index in [9.17, 15) is 12.8 Å². The first kappa shape index (κ1) is 23.8. The second-order valence-electron chi connectivity index (χ2n) is 8.11. The zero-order valence-electron chi connectivity index (χ0n) is 18.4. The third-order valence-corrected chi connectivity index (χ3v) is 8.10. The van der Waals surface area contributed by atoms with Crippen LogP contribution in [-0.4, -0.2) is 40.7 Å². The number of benzene rings is 2. The highest BCUT2D eigenvalue weighted by molar-refractivity contribution is 7.92. The number of nitrogens with one attached hydrogen (secondary N) is 2. The van der Waals surface area contributed by atoms with E-state index in [2.05, 4.69) is 10.0 Å². The molecule has 4 rings (SSSR count). The summed E-state index contributed by atoms with van der Waals surface area (Å²) in [4.78, 5) is 2.95. The molecule has 176 valence electrons. The molecule has 2 unspecified atom stereocenters. The van der Waals surface area contributed by atoms with Crippen LogP contribution in [-0.2, 0) is 10.0 Å². The fourth-order valence-electron chi connectivity index (χ4n) is 4.03. The second kappa shape index (κ2) is 9.50. The molecule has 1 aliphatic rings. The Balaban J connectivity index is 1.63. The van der Waals surface area contributed by atoms with Gasteiger partial charge in [-0.1, -0.05) is 23.7 Å². The van der Waals surface area contributed by atoms with Crippen molar-refractivity contribution in [3.8, 4) is 16.2 Å². The minimum Gasteiger partial charge on any atom is -0.494 e. The van der Waals surface area contributed by atoms with Crippen LogP contribution < -0.4 is 19.7 Å². The number of halogens is 2. The van der Waals surface area contributed by atoms with Crippen LogP contribution in [0, 0.1) is 5.82 Å². The number of methoxy groups -OCH3 is 1. The van der Waals surface area contributed by atoms with Gasteiger partial charge in [-0.05, 0) is 49.7 Å². The molecule has 2 aromatic carbocycles. The highest BCUT2D eigenvalue weighted by atomic mass is 35.5. The molecule has 2 atom stereocenters. The molecule has 1 saturated heterocycles. The Labute approximate surface area is 202 Å². The van der Waals surface area contributed by atoms with Gasteiger partial charge < -0.3 is 15.0 Å². The average Bonchev–Trinajstić information content (AvgIpc) is 3.20. The number of ether oxygens (including phenoxy) is 1. The third-order valence-electron chi connectivity index (χ3n) is 5.43. The lowest BCUT2D eigenvalue weighted by molar-refractivity contribution is 0.401. The van der Waals surface area contributed by atoms with Crippen LogP contribution in [0.1, 0.15) is 13.8 Å². The predicted octanol–water partition coefficient (Wildman–Crippen LogP) is 5.20. The molecule has 10 heteroatoms. The van der Waals surface area contributed by atoms with Crippen molar-refractivity contribution in [1.82, 2.24) is 5.32 Å². The predicted molar refractivity (Wildman–Crippen MR) is 133 cm³/mol. The lowest BCUT2D eigenvalue weighted by Gasteiger charge is -2.38. The van der Waals surface area contributed by atoms with Gasteiger partial charge in [0.15, 0.2) is 0 Å². The molecule has 0 bridgehead atoms. The zero-order chi connectivity index (χ0) is 23.8. The molecule has 2 N–H and O–H groups in total. The van der Waals surface area contributed by atoms with Crippen LogP contribution in [0.4, 0.5) is 15.8 Å². The summed E-state index contributed by atoms with van der Waals surface area (Å²) < 4.78 is 49.6. The molecule has 1 aliphatic heterocycles. The summed E-state index contributed by atoms with van der Waals surface area (Å²) in [7, 11) is -2.55. The molecule has 0 amide bonds. The van der Waals surface area contributed by atoms with Crippen molar-refractivity contribution in [2.75, 3.05) is 29.8 Å². The maximum Gasteiger partial charge on any atom is 0.262 e. The van der Waals surface area contributed by atoms with Crippen LogP contribution in [0.3, 0.4) is 0 Å². The van der Waals surface area contributed by atoms with E-state index in [1.165, 1.54) is 42.7 Å². The largest absolute Gasteiger partial charge is 0.494 e. The van der Waals surface area contributed by atoms with Crippen LogP contribution >= 0.6 is 22.9 Å². The first-order valence-electron chi connectivity index (χ1n) is 10.4. The van der Waals surface area contributed by atoms with Crippen molar-refractivity contribution in [1.29, 1.82) is 0 Å². The third kappa shape index (κ3) is 5.27. The Bertz CT molecular complexity index is 1240. The number of nitrogens with zero attached hydrogens (tertiary/aromatic N) is 1. The van der Waals surface area contributed by atoms with Gasteiger partial charge in [0.2, 0.25) is 0 Å². The highest BCUT2D eigenvalue weighted by Gasteiger charge is 2.26. The fraction of sp³-hybridized carbons (Fsp3) is 0.304. The number of sulfonamides is 1. The van der Waals surface area contributed by atoms with Gasteiger partial charge >= 0.3 is 0 Å². The summed E-state index contributed by atoms with van der Waals surface area (Å²) in [6.07, 6.45) is 0. The number of piperazine rings is 1. The van der Waals surface area contributed by atoms with E-state index in [1.807, 2.05) is 24.8 Å².